The second kappa shape index (κ2) is 5.83. The minimum absolute atomic E-state index is 0.0204. The zero-order chi connectivity index (χ0) is 13.8. The quantitative estimate of drug-likeness (QED) is 0.492. The summed E-state index contributed by atoms with van der Waals surface area (Å²) in [6, 6.07) is 2.81. The summed E-state index contributed by atoms with van der Waals surface area (Å²) in [4.78, 5) is 14.5. The molecule has 7 heteroatoms. The fraction of sp³-hybridized carbons (Fsp3) is 0.583. The lowest BCUT2D eigenvalue weighted by molar-refractivity contribution is -0.386. The average Bonchev–Trinajstić information content (AvgIpc) is 2.41. The van der Waals surface area contributed by atoms with Gasteiger partial charge >= 0.3 is 5.69 Å². The molecule has 1 heterocycles. The molecule has 3 N–H and O–H groups in total. The largest absolute Gasteiger partial charge is 0.469 e. The van der Waals surface area contributed by atoms with Gasteiger partial charge in [-0.2, -0.15) is 4.98 Å². The number of hydrogen-bond acceptors (Lipinski definition) is 6. The van der Waals surface area contributed by atoms with Crippen LogP contribution in [0.25, 0.3) is 0 Å². The highest BCUT2D eigenvalue weighted by Crippen LogP contribution is 2.32. The zero-order valence-electron chi connectivity index (χ0n) is 10.8. The summed E-state index contributed by atoms with van der Waals surface area (Å²) in [7, 11) is 0. The number of hydrazine groups is 1. The topological polar surface area (TPSA) is 103 Å². The van der Waals surface area contributed by atoms with Crippen molar-refractivity contribution in [2.24, 2.45) is 11.8 Å². The highest BCUT2D eigenvalue weighted by atomic mass is 16.6. The van der Waals surface area contributed by atoms with Gasteiger partial charge in [0, 0.05) is 6.07 Å². The molecule has 0 amide bonds. The Morgan fingerprint density at radius 1 is 1.47 bits per heavy atom. The second-order valence-corrected chi connectivity index (χ2v) is 4.84. The number of nitrogens with one attached hydrogen (secondary N) is 1. The molecule has 7 nitrogen and oxygen atoms in total. The summed E-state index contributed by atoms with van der Waals surface area (Å²) >= 11 is 0. The van der Waals surface area contributed by atoms with Crippen LogP contribution in [0.4, 0.5) is 11.5 Å². The van der Waals surface area contributed by atoms with Crippen molar-refractivity contribution in [1.29, 1.82) is 0 Å². The van der Waals surface area contributed by atoms with Crippen LogP contribution in [0.3, 0.4) is 0 Å². The Kier molecular flexibility index (Phi) is 4.16. The van der Waals surface area contributed by atoms with E-state index in [0.717, 1.165) is 19.3 Å². The SMILES string of the molecule is CC1CCCCC1Oc1nc(NN)ccc1[N+](=O)[O-]. The van der Waals surface area contributed by atoms with Crippen LogP contribution < -0.4 is 16.0 Å². The lowest BCUT2D eigenvalue weighted by atomic mass is 9.88. The van der Waals surface area contributed by atoms with E-state index in [1.54, 1.807) is 0 Å². The molecule has 0 aromatic carbocycles. The van der Waals surface area contributed by atoms with E-state index in [1.165, 1.54) is 18.6 Å². The molecule has 1 aliphatic carbocycles. The number of pyridine rings is 1. The molecular weight excluding hydrogens is 248 g/mol. The van der Waals surface area contributed by atoms with Crippen molar-refractivity contribution in [3.8, 4) is 5.88 Å². The number of nitrogen functional groups attached to an aromatic ring is 1. The highest BCUT2D eigenvalue weighted by Gasteiger charge is 2.27. The second-order valence-electron chi connectivity index (χ2n) is 4.84. The molecule has 1 aliphatic rings. The van der Waals surface area contributed by atoms with Crippen LogP contribution in [-0.4, -0.2) is 16.0 Å². The number of ether oxygens (including phenoxy) is 1. The number of rotatable bonds is 4. The fourth-order valence-corrected chi connectivity index (χ4v) is 2.34. The molecule has 104 valence electrons. The van der Waals surface area contributed by atoms with Gasteiger partial charge < -0.3 is 10.2 Å². The Hall–Kier alpha value is -1.89. The molecule has 1 saturated carbocycles. The standard InChI is InChI=1S/C12H18N4O3/c1-8-4-2-3-5-10(8)19-12-9(16(17)18)6-7-11(14-12)15-13/h6-8,10H,2-5,13H2,1H3,(H,14,15). The third-order valence-electron chi connectivity index (χ3n) is 3.48. The van der Waals surface area contributed by atoms with E-state index in [-0.39, 0.29) is 17.7 Å². The van der Waals surface area contributed by atoms with E-state index in [4.69, 9.17) is 10.6 Å². The molecule has 0 aliphatic heterocycles. The van der Waals surface area contributed by atoms with Crippen molar-refractivity contribution in [2.75, 3.05) is 5.43 Å². The molecule has 1 fully saturated rings. The van der Waals surface area contributed by atoms with E-state index in [2.05, 4.69) is 17.3 Å². The number of hydrogen-bond donors (Lipinski definition) is 2. The Balaban J connectivity index is 2.23. The lowest BCUT2D eigenvalue weighted by Crippen LogP contribution is -2.29. The molecule has 0 saturated heterocycles. The minimum Gasteiger partial charge on any atom is -0.469 e. The predicted molar refractivity (Wildman–Crippen MR) is 70.7 cm³/mol. The summed E-state index contributed by atoms with van der Waals surface area (Å²) in [6.07, 6.45) is 4.22. The van der Waals surface area contributed by atoms with Crippen molar-refractivity contribution in [2.45, 2.75) is 38.7 Å². The summed E-state index contributed by atoms with van der Waals surface area (Å²) in [5, 5.41) is 11.0. The predicted octanol–water partition coefficient (Wildman–Crippen LogP) is 2.23. The summed E-state index contributed by atoms with van der Waals surface area (Å²) in [5.74, 6) is 6.04. The summed E-state index contributed by atoms with van der Waals surface area (Å²) < 4.78 is 5.75. The van der Waals surface area contributed by atoms with Gasteiger partial charge in [-0.3, -0.25) is 10.1 Å². The number of nitro groups is 1. The van der Waals surface area contributed by atoms with E-state index in [9.17, 15) is 10.1 Å². The number of aromatic nitrogens is 1. The first-order chi connectivity index (χ1) is 9.11. The molecule has 19 heavy (non-hydrogen) atoms. The van der Waals surface area contributed by atoms with Gasteiger partial charge in [0.1, 0.15) is 11.9 Å². The van der Waals surface area contributed by atoms with Gasteiger partial charge in [-0.1, -0.05) is 13.3 Å². The smallest absolute Gasteiger partial charge is 0.331 e. The van der Waals surface area contributed by atoms with E-state index in [1.807, 2.05) is 0 Å². The molecule has 2 rings (SSSR count). The maximum Gasteiger partial charge on any atom is 0.331 e. The van der Waals surface area contributed by atoms with Crippen LogP contribution in [0.1, 0.15) is 32.6 Å². The van der Waals surface area contributed by atoms with Crippen LogP contribution in [0.15, 0.2) is 12.1 Å². The van der Waals surface area contributed by atoms with Crippen LogP contribution in [0.2, 0.25) is 0 Å². The van der Waals surface area contributed by atoms with Crippen LogP contribution in [0, 0.1) is 16.0 Å². The number of nitrogens with zero attached hydrogens (tertiary/aromatic N) is 2. The minimum atomic E-state index is -0.490. The Bertz CT molecular complexity index is 466. The maximum atomic E-state index is 11.0. The first-order valence-electron chi connectivity index (χ1n) is 6.40. The molecule has 2 atom stereocenters. The highest BCUT2D eigenvalue weighted by molar-refractivity contribution is 5.48. The van der Waals surface area contributed by atoms with Gasteiger partial charge in [-0.15, -0.1) is 0 Å². The Morgan fingerprint density at radius 3 is 2.84 bits per heavy atom. The Morgan fingerprint density at radius 2 is 2.21 bits per heavy atom. The van der Waals surface area contributed by atoms with Gasteiger partial charge in [0.25, 0.3) is 5.88 Å². The molecule has 0 radical (unpaired) electrons. The lowest BCUT2D eigenvalue weighted by Gasteiger charge is -2.28. The third-order valence-corrected chi connectivity index (χ3v) is 3.48. The normalized spacial score (nSPS) is 22.8. The monoisotopic (exact) mass is 266 g/mol. The zero-order valence-corrected chi connectivity index (χ0v) is 10.8. The van der Waals surface area contributed by atoms with Gasteiger partial charge in [-0.25, -0.2) is 5.84 Å². The fourth-order valence-electron chi connectivity index (χ4n) is 2.34. The van der Waals surface area contributed by atoms with Gasteiger partial charge in [0.15, 0.2) is 0 Å². The van der Waals surface area contributed by atoms with Gasteiger partial charge in [0.05, 0.1) is 4.92 Å². The van der Waals surface area contributed by atoms with Crippen molar-refractivity contribution in [3.05, 3.63) is 22.2 Å². The van der Waals surface area contributed by atoms with Gasteiger partial charge in [0.2, 0.25) is 0 Å². The van der Waals surface area contributed by atoms with Crippen LogP contribution >= 0.6 is 0 Å². The van der Waals surface area contributed by atoms with Crippen molar-refractivity contribution in [1.82, 2.24) is 4.98 Å². The van der Waals surface area contributed by atoms with E-state index >= 15 is 0 Å². The molecule has 1 aromatic rings. The van der Waals surface area contributed by atoms with Crippen LogP contribution in [-0.2, 0) is 0 Å². The molecule has 2 unspecified atom stereocenters. The van der Waals surface area contributed by atoms with Gasteiger partial charge in [-0.05, 0) is 31.2 Å². The Labute approximate surface area is 111 Å². The molecule has 1 aromatic heterocycles. The summed E-state index contributed by atoms with van der Waals surface area (Å²) in [6.45, 7) is 2.10. The average molecular weight is 266 g/mol. The third kappa shape index (κ3) is 3.11. The molecule has 0 spiro atoms. The molecule has 0 bridgehead atoms. The van der Waals surface area contributed by atoms with Crippen LogP contribution in [0.5, 0.6) is 5.88 Å². The van der Waals surface area contributed by atoms with E-state index < -0.39 is 4.92 Å². The molecular formula is C12H18N4O3. The van der Waals surface area contributed by atoms with Crippen molar-refractivity contribution >= 4 is 11.5 Å². The maximum absolute atomic E-state index is 11.0. The first-order valence-corrected chi connectivity index (χ1v) is 6.40. The van der Waals surface area contributed by atoms with Crippen molar-refractivity contribution < 1.29 is 9.66 Å². The first kappa shape index (κ1) is 13.5. The number of nitrogens with two attached hydrogens (primary N) is 1. The van der Waals surface area contributed by atoms with Crippen molar-refractivity contribution in [3.63, 3.8) is 0 Å². The van der Waals surface area contributed by atoms with E-state index in [0.29, 0.717) is 11.7 Å². The summed E-state index contributed by atoms with van der Waals surface area (Å²) in [5.41, 5.74) is 2.24. The number of anilines is 1.